The highest BCUT2D eigenvalue weighted by Crippen LogP contribution is 2.33. The van der Waals surface area contributed by atoms with Crippen LogP contribution < -0.4 is 0 Å². The molecule has 0 aliphatic rings. The quantitative estimate of drug-likeness (QED) is 0.608. The number of hydrogen-bond donors (Lipinski definition) is 0. The summed E-state index contributed by atoms with van der Waals surface area (Å²) in [6, 6.07) is 4.79. The third-order valence-corrected chi connectivity index (χ3v) is 2.37. The topological polar surface area (TPSA) is 43.1 Å². The van der Waals surface area contributed by atoms with Gasteiger partial charge in [0.05, 0.1) is 10.5 Å². The molecule has 0 saturated carbocycles. The summed E-state index contributed by atoms with van der Waals surface area (Å²) in [4.78, 5) is 10.1. The van der Waals surface area contributed by atoms with Gasteiger partial charge in [0.25, 0.3) is 0 Å². The van der Waals surface area contributed by atoms with Crippen LogP contribution in [0.5, 0.6) is 0 Å². The number of hydrogen-bond acceptors (Lipinski definition) is 2. The molecular formula is C12H12F3NO2. The van der Waals surface area contributed by atoms with Crippen molar-refractivity contribution in [3.8, 4) is 0 Å². The van der Waals surface area contributed by atoms with Crippen molar-refractivity contribution in [2.75, 3.05) is 0 Å². The van der Waals surface area contributed by atoms with E-state index >= 15 is 0 Å². The molecule has 98 valence electrons. The molecule has 1 aromatic rings. The standard InChI is InChI=1S/C12H12F3NO2/c1-8(2)11(16(17)18)7-9-5-3-4-6-10(9)12(13,14)15/h3-8H,1-2H3/b11-7-. The number of allylic oxidation sites excluding steroid dienone is 1. The number of nitro groups is 1. The van der Waals surface area contributed by atoms with Gasteiger partial charge < -0.3 is 0 Å². The largest absolute Gasteiger partial charge is 0.416 e. The van der Waals surface area contributed by atoms with E-state index in [1.54, 1.807) is 13.8 Å². The highest BCUT2D eigenvalue weighted by atomic mass is 19.4. The summed E-state index contributed by atoms with van der Waals surface area (Å²) in [5.74, 6) is -0.457. The zero-order chi connectivity index (χ0) is 13.9. The zero-order valence-electron chi connectivity index (χ0n) is 9.86. The van der Waals surface area contributed by atoms with Crippen LogP contribution in [0.25, 0.3) is 6.08 Å². The van der Waals surface area contributed by atoms with Gasteiger partial charge in [-0.2, -0.15) is 13.2 Å². The van der Waals surface area contributed by atoms with Crippen LogP contribution >= 0.6 is 0 Å². The van der Waals surface area contributed by atoms with Gasteiger partial charge >= 0.3 is 6.18 Å². The molecule has 0 aliphatic carbocycles. The molecule has 0 unspecified atom stereocenters. The minimum Gasteiger partial charge on any atom is -0.259 e. The van der Waals surface area contributed by atoms with E-state index in [4.69, 9.17) is 0 Å². The van der Waals surface area contributed by atoms with Gasteiger partial charge in [0.15, 0.2) is 0 Å². The number of halogens is 3. The Kier molecular flexibility index (Phi) is 4.11. The third kappa shape index (κ3) is 3.32. The predicted octanol–water partition coefficient (Wildman–Crippen LogP) is 3.98. The first-order chi connectivity index (χ1) is 8.23. The first-order valence-corrected chi connectivity index (χ1v) is 5.25. The van der Waals surface area contributed by atoms with E-state index in [0.29, 0.717) is 0 Å². The lowest BCUT2D eigenvalue weighted by molar-refractivity contribution is -0.431. The van der Waals surface area contributed by atoms with E-state index in [9.17, 15) is 23.3 Å². The van der Waals surface area contributed by atoms with E-state index in [2.05, 4.69) is 0 Å². The van der Waals surface area contributed by atoms with Crippen LogP contribution in [-0.2, 0) is 6.18 Å². The summed E-state index contributed by atoms with van der Waals surface area (Å²) in [6.07, 6.45) is -3.54. The average Bonchev–Trinajstić information content (AvgIpc) is 2.24. The van der Waals surface area contributed by atoms with Crippen LogP contribution in [0.3, 0.4) is 0 Å². The van der Waals surface area contributed by atoms with Crippen molar-refractivity contribution in [3.63, 3.8) is 0 Å². The maximum absolute atomic E-state index is 12.7. The molecule has 18 heavy (non-hydrogen) atoms. The molecule has 0 aliphatic heterocycles. The summed E-state index contributed by atoms with van der Waals surface area (Å²) in [5, 5.41) is 10.8. The number of alkyl halides is 3. The van der Waals surface area contributed by atoms with Crippen molar-refractivity contribution in [1.29, 1.82) is 0 Å². The Morgan fingerprint density at radius 3 is 2.33 bits per heavy atom. The van der Waals surface area contributed by atoms with Crippen molar-refractivity contribution in [2.45, 2.75) is 20.0 Å². The smallest absolute Gasteiger partial charge is 0.259 e. The second kappa shape index (κ2) is 5.20. The normalized spacial score (nSPS) is 12.9. The molecule has 0 spiro atoms. The molecule has 6 heteroatoms. The summed E-state index contributed by atoms with van der Waals surface area (Å²) in [7, 11) is 0. The fourth-order valence-corrected chi connectivity index (χ4v) is 1.47. The lowest BCUT2D eigenvalue weighted by atomic mass is 10.0. The van der Waals surface area contributed by atoms with Crippen molar-refractivity contribution in [2.24, 2.45) is 5.92 Å². The second-order valence-electron chi connectivity index (χ2n) is 4.07. The van der Waals surface area contributed by atoms with Gasteiger partial charge in [-0.15, -0.1) is 0 Å². The van der Waals surface area contributed by atoms with Crippen LogP contribution in [0.4, 0.5) is 13.2 Å². The minimum atomic E-state index is -4.52. The van der Waals surface area contributed by atoms with E-state index in [1.165, 1.54) is 18.2 Å². The lowest BCUT2D eigenvalue weighted by Gasteiger charge is -2.10. The van der Waals surface area contributed by atoms with Gasteiger partial charge in [0.1, 0.15) is 0 Å². The Balaban J connectivity index is 3.34. The van der Waals surface area contributed by atoms with Gasteiger partial charge in [0.2, 0.25) is 5.70 Å². The fourth-order valence-electron chi connectivity index (χ4n) is 1.47. The molecule has 0 aromatic heterocycles. The SMILES string of the molecule is CC(C)/C(=C/c1ccccc1C(F)(F)F)[N+](=O)[O-]. The molecule has 1 rings (SSSR count). The van der Waals surface area contributed by atoms with Crippen LogP contribution in [0, 0.1) is 16.0 Å². The van der Waals surface area contributed by atoms with Gasteiger partial charge in [0, 0.05) is 12.0 Å². The Morgan fingerprint density at radius 2 is 1.89 bits per heavy atom. The molecular weight excluding hydrogens is 247 g/mol. The molecule has 0 saturated heterocycles. The van der Waals surface area contributed by atoms with Crippen molar-refractivity contribution in [3.05, 3.63) is 51.2 Å². The highest BCUT2D eigenvalue weighted by molar-refractivity contribution is 5.56. The molecule has 0 atom stereocenters. The number of rotatable bonds is 3. The van der Waals surface area contributed by atoms with Gasteiger partial charge in [-0.3, -0.25) is 10.1 Å². The summed E-state index contributed by atoms with van der Waals surface area (Å²) in [6.45, 7) is 3.12. The Hall–Kier alpha value is -1.85. The van der Waals surface area contributed by atoms with Crippen LogP contribution in [0.15, 0.2) is 30.0 Å². The van der Waals surface area contributed by atoms with Crippen LogP contribution in [0.2, 0.25) is 0 Å². The Bertz CT molecular complexity index is 478. The molecule has 0 radical (unpaired) electrons. The summed E-state index contributed by atoms with van der Waals surface area (Å²) >= 11 is 0. The van der Waals surface area contributed by atoms with E-state index < -0.39 is 22.6 Å². The summed E-state index contributed by atoms with van der Waals surface area (Å²) < 4.78 is 38.1. The van der Waals surface area contributed by atoms with Crippen molar-refractivity contribution < 1.29 is 18.1 Å². The van der Waals surface area contributed by atoms with Crippen molar-refractivity contribution in [1.82, 2.24) is 0 Å². The van der Waals surface area contributed by atoms with E-state index in [0.717, 1.165) is 12.1 Å². The monoisotopic (exact) mass is 259 g/mol. The second-order valence-corrected chi connectivity index (χ2v) is 4.07. The van der Waals surface area contributed by atoms with Crippen molar-refractivity contribution >= 4 is 6.08 Å². The molecule has 3 nitrogen and oxygen atoms in total. The third-order valence-electron chi connectivity index (χ3n) is 2.37. The van der Waals surface area contributed by atoms with Gasteiger partial charge in [-0.05, 0) is 11.6 Å². The van der Waals surface area contributed by atoms with E-state index in [-0.39, 0.29) is 11.3 Å². The zero-order valence-corrected chi connectivity index (χ0v) is 9.86. The van der Waals surface area contributed by atoms with Crippen LogP contribution in [-0.4, -0.2) is 4.92 Å². The summed E-state index contributed by atoms with van der Waals surface area (Å²) in [5.41, 5.74) is -1.30. The first kappa shape index (κ1) is 14.2. The number of nitrogens with zero attached hydrogens (tertiary/aromatic N) is 1. The molecule has 0 bridgehead atoms. The minimum absolute atomic E-state index is 0.189. The lowest BCUT2D eigenvalue weighted by Crippen LogP contribution is -2.09. The molecule has 0 N–H and O–H groups in total. The molecule has 1 aromatic carbocycles. The Morgan fingerprint density at radius 1 is 1.33 bits per heavy atom. The maximum Gasteiger partial charge on any atom is 0.416 e. The first-order valence-electron chi connectivity index (χ1n) is 5.25. The molecule has 0 fully saturated rings. The highest BCUT2D eigenvalue weighted by Gasteiger charge is 2.33. The van der Waals surface area contributed by atoms with E-state index in [1.807, 2.05) is 0 Å². The molecule has 0 amide bonds. The molecule has 0 heterocycles. The predicted molar refractivity (Wildman–Crippen MR) is 61.3 cm³/mol. The average molecular weight is 259 g/mol. The Labute approximate surface area is 102 Å². The number of benzene rings is 1. The fraction of sp³-hybridized carbons (Fsp3) is 0.333. The van der Waals surface area contributed by atoms with Gasteiger partial charge in [-0.25, -0.2) is 0 Å². The van der Waals surface area contributed by atoms with Crippen LogP contribution in [0.1, 0.15) is 25.0 Å². The van der Waals surface area contributed by atoms with Gasteiger partial charge in [-0.1, -0.05) is 32.0 Å². The maximum atomic E-state index is 12.7.